The van der Waals surface area contributed by atoms with E-state index in [1.807, 2.05) is 30.3 Å². The van der Waals surface area contributed by atoms with Gasteiger partial charge in [0, 0.05) is 18.3 Å². The highest BCUT2D eigenvalue weighted by molar-refractivity contribution is 6.48. The van der Waals surface area contributed by atoms with Gasteiger partial charge in [0.15, 0.2) is 0 Å². The number of ether oxygens (including phenoxy) is 1. The summed E-state index contributed by atoms with van der Waals surface area (Å²) in [4.78, 5) is 37.6. The average Bonchev–Trinajstić information content (AvgIpc) is 2.71. The maximum Gasteiger partial charge on any atom is 0.323 e. The SMILES string of the molecule is CC(=O)N(C(=O)C(=O)Nc1ccc(Oc2ccccc2)cc1)c1ccc(N)cc1. The van der Waals surface area contributed by atoms with Crippen LogP contribution in [0, 0.1) is 0 Å². The molecule has 3 aromatic rings. The summed E-state index contributed by atoms with van der Waals surface area (Å²) in [6.07, 6.45) is 0. The van der Waals surface area contributed by atoms with E-state index in [9.17, 15) is 14.4 Å². The molecule has 0 fully saturated rings. The van der Waals surface area contributed by atoms with Crippen LogP contribution in [0.15, 0.2) is 78.9 Å². The summed E-state index contributed by atoms with van der Waals surface area (Å²) in [6, 6.07) is 21.9. The lowest BCUT2D eigenvalue weighted by Crippen LogP contribution is -2.42. The summed E-state index contributed by atoms with van der Waals surface area (Å²) >= 11 is 0. The van der Waals surface area contributed by atoms with Crippen molar-refractivity contribution in [3.05, 3.63) is 78.9 Å². The second-order valence-corrected chi connectivity index (χ2v) is 6.14. The first-order valence-electron chi connectivity index (χ1n) is 8.78. The minimum absolute atomic E-state index is 0.262. The number of carbonyl (C=O) groups is 3. The van der Waals surface area contributed by atoms with Crippen molar-refractivity contribution in [2.45, 2.75) is 6.92 Å². The maximum atomic E-state index is 12.5. The Morgan fingerprint density at radius 3 is 2.00 bits per heavy atom. The molecule has 0 radical (unpaired) electrons. The average molecular weight is 389 g/mol. The minimum Gasteiger partial charge on any atom is -0.457 e. The van der Waals surface area contributed by atoms with Gasteiger partial charge in [-0.05, 0) is 60.7 Å². The zero-order valence-corrected chi connectivity index (χ0v) is 15.7. The largest absolute Gasteiger partial charge is 0.457 e. The maximum absolute atomic E-state index is 12.5. The number of hydrogen-bond donors (Lipinski definition) is 2. The van der Waals surface area contributed by atoms with Crippen molar-refractivity contribution >= 4 is 34.8 Å². The molecule has 0 atom stereocenters. The highest BCUT2D eigenvalue weighted by atomic mass is 16.5. The van der Waals surface area contributed by atoms with Crippen molar-refractivity contribution in [3.63, 3.8) is 0 Å². The molecule has 7 heteroatoms. The van der Waals surface area contributed by atoms with E-state index in [1.165, 1.54) is 19.1 Å². The Balaban J connectivity index is 1.68. The molecule has 7 nitrogen and oxygen atoms in total. The van der Waals surface area contributed by atoms with Crippen molar-refractivity contribution in [2.75, 3.05) is 16.0 Å². The van der Waals surface area contributed by atoms with Gasteiger partial charge in [0.25, 0.3) is 0 Å². The van der Waals surface area contributed by atoms with Crippen LogP contribution in [0.5, 0.6) is 11.5 Å². The van der Waals surface area contributed by atoms with E-state index in [-0.39, 0.29) is 5.69 Å². The first-order chi connectivity index (χ1) is 13.9. The number of para-hydroxylation sites is 1. The number of nitrogens with zero attached hydrogens (tertiary/aromatic N) is 1. The molecule has 0 spiro atoms. The Kier molecular flexibility index (Phi) is 5.89. The van der Waals surface area contributed by atoms with Crippen molar-refractivity contribution in [1.82, 2.24) is 0 Å². The van der Waals surface area contributed by atoms with Crippen LogP contribution in [0.25, 0.3) is 0 Å². The molecule has 0 saturated carbocycles. The van der Waals surface area contributed by atoms with Crippen LogP contribution in [0.3, 0.4) is 0 Å². The lowest BCUT2D eigenvalue weighted by atomic mass is 10.2. The fraction of sp³-hybridized carbons (Fsp3) is 0.0455. The van der Waals surface area contributed by atoms with Crippen LogP contribution < -0.4 is 20.7 Å². The summed E-state index contributed by atoms with van der Waals surface area (Å²) in [7, 11) is 0. The summed E-state index contributed by atoms with van der Waals surface area (Å²) < 4.78 is 5.68. The second-order valence-electron chi connectivity index (χ2n) is 6.14. The van der Waals surface area contributed by atoms with Crippen molar-refractivity contribution in [3.8, 4) is 11.5 Å². The number of benzene rings is 3. The van der Waals surface area contributed by atoms with Crippen LogP contribution in [-0.2, 0) is 14.4 Å². The quantitative estimate of drug-likeness (QED) is 0.525. The number of rotatable bonds is 4. The lowest BCUT2D eigenvalue weighted by Gasteiger charge is -2.18. The van der Waals surface area contributed by atoms with E-state index in [0.29, 0.717) is 22.9 Å². The Labute approximate surface area is 167 Å². The van der Waals surface area contributed by atoms with E-state index in [4.69, 9.17) is 10.5 Å². The molecule has 0 aliphatic heterocycles. The Hall–Kier alpha value is -4.13. The number of amides is 3. The molecule has 0 aliphatic carbocycles. The highest BCUT2D eigenvalue weighted by Crippen LogP contribution is 2.23. The van der Waals surface area contributed by atoms with Crippen molar-refractivity contribution < 1.29 is 19.1 Å². The third-order valence-corrected chi connectivity index (χ3v) is 3.95. The number of nitrogen functional groups attached to an aromatic ring is 1. The number of nitrogens with one attached hydrogen (secondary N) is 1. The van der Waals surface area contributed by atoms with Crippen LogP contribution in [-0.4, -0.2) is 17.7 Å². The number of imide groups is 1. The van der Waals surface area contributed by atoms with Crippen LogP contribution >= 0.6 is 0 Å². The summed E-state index contributed by atoms with van der Waals surface area (Å²) in [5.74, 6) is -1.25. The van der Waals surface area contributed by atoms with Crippen LogP contribution in [0.4, 0.5) is 17.1 Å². The molecule has 3 N–H and O–H groups in total. The predicted octanol–water partition coefficient (Wildman–Crippen LogP) is 3.58. The van der Waals surface area contributed by atoms with E-state index >= 15 is 0 Å². The number of carbonyl (C=O) groups excluding carboxylic acids is 3. The second kappa shape index (κ2) is 8.71. The van der Waals surface area contributed by atoms with Gasteiger partial charge in [0.2, 0.25) is 5.91 Å². The van der Waals surface area contributed by atoms with Crippen LogP contribution in [0.1, 0.15) is 6.92 Å². The molecule has 3 aromatic carbocycles. The highest BCUT2D eigenvalue weighted by Gasteiger charge is 2.26. The van der Waals surface area contributed by atoms with E-state index in [0.717, 1.165) is 4.90 Å². The summed E-state index contributed by atoms with van der Waals surface area (Å²) in [5, 5.41) is 2.49. The molecule has 0 saturated heterocycles. The van der Waals surface area contributed by atoms with Gasteiger partial charge in [-0.1, -0.05) is 18.2 Å². The molecule has 0 aromatic heterocycles. The van der Waals surface area contributed by atoms with E-state index < -0.39 is 17.7 Å². The minimum atomic E-state index is -0.994. The fourth-order valence-corrected chi connectivity index (χ4v) is 2.58. The Bertz CT molecular complexity index is 1020. The van der Waals surface area contributed by atoms with Gasteiger partial charge in [-0.15, -0.1) is 0 Å². The third-order valence-electron chi connectivity index (χ3n) is 3.95. The Morgan fingerprint density at radius 2 is 1.41 bits per heavy atom. The van der Waals surface area contributed by atoms with E-state index in [2.05, 4.69) is 5.32 Å². The van der Waals surface area contributed by atoms with Gasteiger partial charge >= 0.3 is 11.8 Å². The van der Waals surface area contributed by atoms with Crippen molar-refractivity contribution in [1.29, 1.82) is 0 Å². The molecule has 0 unspecified atom stereocenters. The molecular weight excluding hydrogens is 370 g/mol. The van der Waals surface area contributed by atoms with Gasteiger partial charge in [0.1, 0.15) is 11.5 Å². The molecular formula is C22H19N3O4. The first kappa shape index (κ1) is 19.6. The third kappa shape index (κ3) is 4.98. The molecule has 146 valence electrons. The van der Waals surface area contributed by atoms with Gasteiger partial charge in [-0.3, -0.25) is 14.4 Å². The van der Waals surface area contributed by atoms with Gasteiger partial charge in [0.05, 0.1) is 5.69 Å². The molecule has 0 bridgehead atoms. The van der Waals surface area contributed by atoms with Gasteiger partial charge < -0.3 is 15.8 Å². The van der Waals surface area contributed by atoms with E-state index in [1.54, 1.807) is 36.4 Å². The lowest BCUT2D eigenvalue weighted by molar-refractivity contribution is -0.136. The summed E-state index contributed by atoms with van der Waals surface area (Å²) in [5.41, 5.74) is 6.76. The zero-order valence-electron chi connectivity index (χ0n) is 15.7. The zero-order chi connectivity index (χ0) is 20.8. The fourth-order valence-electron chi connectivity index (χ4n) is 2.58. The number of anilines is 3. The predicted molar refractivity (Wildman–Crippen MR) is 111 cm³/mol. The normalized spacial score (nSPS) is 10.1. The van der Waals surface area contributed by atoms with Crippen LogP contribution in [0.2, 0.25) is 0 Å². The monoisotopic (exact) mass is 389 g/mol. The molecule has 3 rings (SSSR count). The summed E-state index contributed by atoms with van der Waals surface area (Å²) in [6.45, 7) is 1.21. The topological polar surface area (TPSA) is 102 Å². The number of nitrogens with two attached hydrogens (primary N) is 1. The molecule has 29 heavy (non-hydrogen) atoms. The Morgan fingerprint density at radius 1 is 0.828 bits per heavy atom. The standard InChI is InChI=1S/C22H19N3O4/c1-15(26)25(18-11-7-16(23)8-12-18)22(28)21(27)24-17-9-13-20(14-10-17)29-19-5-3-2-4-6-19/h2-14H,23H2,1H3,(H,24,27). The van der Waals surface area contributed by atoms with Gasteiger partial charge in [-0.2, -0.15) is 0 Å². The smallest absolute Gasteiger partial charge is 0.323 e. The first-order valence-corrected chi connectivity index (χ1v) is 8.78. The van der Waals surface area contributed by atoms with Crippen molar-refractivity contribution in [2.24, 2.45) is 0 Å². The molecule has 3 amide bonds. The number of hydrogen-bond acceptors (Lipinski definition) is 5. The molecule has 0 heterocycles. The van der Waals surface area contributed by atoms with Gasteiger partial charge in [-0.25, -0.2) is 4.90 Å². The molecule has 0 aliphatic rings.